The van der Waals surface area contributed by atoms with Crippen LogP contribution in [0.5, 0.6) is 5.75 Å². The molecule has 1 aromatic carbocycles. The normalized spacial score (nSPS) is 18.8. The topological polar surface area (TPSA) is 109 Å². The van der Waals surface area contributed by atoms with Crippen LogP contribution in [-0.2, 0) is 4.79 Å². The van der Waals surface area contributed by atoms with Crippen molar-refractivity contribution in [2.45, 2.75) is 38.2 Å². The highest BCUT2D eigenvalue weighted by Crippen LogP contribution is 2.35. The van der Waals surface area contributed by atoms with E-state index in [1.54, 1.807) is 25.7 Å². The van der Waals surface area contributed by atoms with Crippen molar-refractivity contribution in [1.82, 2.24) is 19.9 Å². The van der Waals surface area contributed by atoms with Crippen molar-refractivity contribution in [2.75, 3.05) is 26.7 Å². The number of aromatic nitrogens is 3. The molecule has 8 heteroatoms. The smallest absolute Gasteiger partial charge is 0.303 e. The molecule has 2 aromatic heterocycles. The molecule has 3 atom stereocenters. The summed E-state index contributed by atoms with van der Waals surface area (Å²) in [6, 6.07) is 7.55. The van der Waals surface area contributed by atoms with Gasteiger partial charge in [-0.05, 0) is 73.9 Å². The highest BCUT2D eigenvalue weighted by Gasteiger charge is 2.29. The Labute approximate surface area is 211 Å². The van der Waals surface area contributed by atoms with Gasteiger partial charge in [0.15, 0.2) is 0 Å². The van der Waals surface area contributed by atoms with E-state index in [4.69, 9.17) is 4.74 Å². The number of likely N-dealkylation sites (tertiary alicyclic amines) is 1. The highest BCUT2D eigenvalue weighted by atomic mass is 16.5. The number of methoxy groups -OCH3 is 1. The number of benzene rings is 1. The van der Waals surface area contributed by atoms with E-state index in [0.29, 0.717) is 25.3 Å². The van der Waals surface area contributed by atoms with Gasteiger partial charge in [0.25, 0.3) is 0 Å². The van der Waals surface area contributed by atoms with E-state index in [2.05, 4.69) is 31.7 Å². The van der Waals surface area contributed by atoms with E-state index in [9.17, 15) is 15.0 Å². The third-order valence-electron chi connectivity index (χ3n) is 6.95. The minimum absolute atomic E-state index is 0.152. The lowest BCUT2D eigenvalue weighted by atomic mass is 9.79. The Morgan fingerprint density at radius 2 is 2.06 bits per heavy atom. The molecule has 3 heterocycles. The van der Waals surface area contributed by atoms with Gasteiger partial charge in [-0.3, -0.25) is 14.7 Å². The second-order valence-corrected chi connectivity index (χ2v) is 9.28. The van der Waals surface area contributed by atoms with Gasteiger partial charge in [0, 0.05) is 36.9 Å². The Bertz CT molecular complexity index is 1220. The molecule has 36 heavy (non-hydrogen) atoms. The third kappa shape index (κ3) is 6.78. The quantitative estimate of drug-likeness (QED) is 0.439. The summed E-state index contributed by atoms with van der Waals surface area (Å²) < 4.78 is 5.36. The van der Waals surface area contributed by atoms with E-state index in [1.165, 1.54) is 6.33 Å². The number of aliphatic carboxylic acids is 1. The van der Waals surface area contributed by atoms with E-state index in [0.717, 1.165) is 53.7 Å². The number of rotatable bonds is 9. The largest absolute Gasteiger partial charge is 0.497 e. The summed E-state index contributed by atoms with van der Waals surface area (Å²) in [5.41, 5.74) is 2.45. The Kier molecular flexibility index (Phi) is 8.82. The molecule has 0 bridgehead atoms. The monoisotopic (exact) mass is 488 g/mol. The Balaban J connectivity index is 1.39. The maximum atomic E-state index is 11.3. The number of carboxylic acid groups (broad SMARTS) is 1. The van der Waals surface area contributed by atoms with Crippen LogP contribution in [-0.4, -0.2) is 62.8 Å². The summed E-state index contributed by atoms with van der Waals surface area (Å²) in [4.78, 5) is 25.9. The highest BCUT2D eigenvalue weighted by molar-refractivity contribution is 5.83. The van der Waals surface area contributed by atoms with Crippen LogP contribution in [0.1, 0.15) is 49.3 Å². The van der Waals surface area contributed by atoms with Gasteiger partial charge in [0.05, 0.1) is 30.8 Å². The van der Waals surface area contributed by atoms with Crippen molar-refractivity contribution >= 4 is 16.9 Å². The Hall–Kier alpha value is -3.54. The number of hydrogen-bond donors (Lipinski definition) is 2. The van der Waals surface area contributed by atoms with Crippen LogP contribution in [0.25, 0.3) is 10.9 Å². The molecule has 2 N–H and O–H groups in total. The van der Waals surface area contributed by atoms with Crippen LogP contribution in [0.4, 0.5) is 0 Å². The number of nitrogens with zero attached hydrogens (tertiary/aromatic N) is 4. The first kappa shape index (κ1) is 25.5. The van der Waals surface area contributed by atoms with Gasteiger partial charge in [-0.25, -0.2) is 9.97 Å². The number of aliphatic hydroxyl groups is 1. The van der Waals surface area contributed by atoms with Crippen molar-refractivity contribution in [3.63, 3.8) is 0 Å². The number of aliphatic hydroxyl groups excluding tert-OH is 1. The molecular formula is C28H32N4O4. The van der Waals surface area contributed by atoms with Crippen LogP contribution >= 0.6 is 0 Å². The van der Waals surface area contributed by atoms with Crippen LogP contribution in [0, 0.1) is 23.7 Å². The summed E-state index contributed by atoms with van der Waals surface area (Å²) in [6.45, 7) is 2.34. The van der Waals surface area contributed by atoms with Gasteiger partial charge in [0.1, 0.15) is 12.1 Å². The van der Waals surface area contributed by atoms with Gasteiger partial charge in [-0.1, -0.05) is 11.8 Å². The summed E-state index contributed by atoms with van der Waals surface area (Å²) in [7, 11) is 1.62. The third-order valence-corrected chi connectivity index (χ3v) is 6.95. The molecule has 1 fully saturated rings. The lowest BCUT2D eigenvalue weighted by molar-refractivity contribution is -0.137. The number of hydrogen-bond acceptors (Lipinski definition) is 7. The Morgan fingerprint density at radius 1 is 1.22 bits per heavy atom. The first-order valence-corrected chi connectivity index (χ1v) is 12.3. The van der Waals surface area contributed by atoms with Crippen LogP contribution < -0.4 is 4.74 Å². The van der Waals surface area contributed by atoms with Crippen molar-refractivity contribution in [3.05, 3.63) is 60.3 Å². The van der Waals surface area contributed by atoms with Crippen LogP contribution in [0.2, 0.25) is 0 Å². The van der Waals surface area contributed by atoms with Crippen molar-refractivity contribution in [2.24, 2.45) is 11.8 Å². The predicted molar refractivity (Wildman–Crippen MR) is 136 cm³/mol. The van der Waals surface area contributed by atoms with Gasteiger partial charge < -0.3 is 14.9 Å². The molecule has 0 amide bonds. The number of fused-ring (bicyclic) bond motifs is 1. The zero-order valence-electron chi connectivity index (χ0n) is 20.5. The van der Waals surface area contributed by atoms with Gasteiger partial charge >= 0.3 is 5.97 Å². The number of ether oxygens (including phenoxy) is 1. The van der Waals surface area contributed by atoms with Crippen molar-refractivity contribution in [3.8, 4) is 17.6 Å². The summed E-state index contributed by atoms with van der Waals surface area (Å²) in [5, 5.41) is 21.3. The predicted octanol–water partition coefficient (Wildman–Crippen LogP) is 3.70. The van der Waals surface area contributed by atoms with E-state index >= 15 is 0 Å². The fraction of sp³-hybridized carbons (Fsp3) is 0.429. The molecule has 0 aliphatic carbocycles. The minimum Gasteiger partial charge on any atom is -0.497 e. The molecule has 1 saturated heterocycles. The SMILES string of the molecule is COc1ccc2nccc([C@@H](O)CCC3CCN(CC#Cc4cncnc4)CC3CCC(=O)O)c2c1. The molecule has 2 unspecified atom stereocenters. The molecular weight excluding hydrogens is 456 g/mol. The lowest BCUT2D eigenvalue weighted by Gasteiger charge is -2.38. The van der Waals surface area contributed by atoms with E-state index < -0.39 is 12.1 Å². The fourth-order valence-corrected chi connectivity index (χ4v) is 5.02. The second kappa shape index (κ2) is 12.4. The summed E-state index contributed by atoms with van der Waals surface area (Å²) in [6.07, 6.45) is 9.14. The average molecular weight is 489 g/mol. The molecule has 8 nitrogen and oxygen atoms in total. The second-order valence-electron chi connectivity index (χ2n) is 9.28. The van der Waals surface area contributed by atoms with Gasteiger partial charge in [-0.2, -0.15) is 0 Å². The number of carboxylic acids is 1. The molecule has 188 valence electrons. The lowest BCUT2D eigenvalue weighted by Crippen LogP contribution is -2.41. The van der Waals surface area contributed by atoms with Gasteiger partial charge in [-0.15, -0.1) is 0 Å². The molecule has 4 rings (SSSR count). The fourth-order valence-electron chi connectivity index (χ4n) is 5.02. The van der Waals surface area contributed by atoms with E-state index in [1.807, 2.05) is 24.3 Å². The molecule has 0 radical (unpaired) electrons. The average Bonchev–Trinajstić information content (AvgIpc) is 2.91. The van der Waals surface area contributed by atoms with Crippen LogP contribution in [0.3, 0.4) is 0 Å². The first-order chi connectivity index (χ1) is 17.5. The van der Waals surface area contributed by atoms with Crippen molar-refractivity contribution in [1.29, 1.82) is 0 Å². The molecule has 0 saturated carbocycles. The van der Waals surface area contributed by atoms with Gasteiger partial charge in [0.2, 0.25) is 0 Å². The number of piperidine rings is 1. The Morgan fingerprint density at radius 3 is 2.83 bits per heavy atom. The first-order valence-electron chi connectivity index (χ1n) is 12.3. The molecule has 1 aliphatic heterocycles. The standard InChI is InChI=1S/C28H32N4O4/c1-36-23-6-7-26-25(15-23)24(10-12-31-26)27(33)8-4-21-11-14-32(18-22(21)5-9-28(34)35)13-2-3-20-16-29-19-30-17-20/h6-7,10,12,15-17,19,21-22,27,33H,4-5,8-9,11,13-14,18H2,1H3,(H,34,35)/t21?,22?,27-/m0/s1. The molecule has 0 spiro atoms. The summed E-state index contributed by atoms with van der Waals surface area (Å²) in [5.74, 6) is 6.85. The van der Waals surface area contributed by atoms with Crippen LogP contribution in [0.15, 0.2) is 49.2 Å². The van der Waals surface area contributed by atoms with Crippen molar-refractivity contribution < 1.29 is 19.7 Å². The minimum atomic E-state index is -0.771. The molecule has 1 aliphatic rings. The molecule has 3 aromatic rings. The summed E-state index contributed by atoms with van der Waals surface area (Å²) >= 11 is 0. The number of carbonyl (C=O) groups is 1. The zero-order valence-corrected chi connectivity index (χ0v) is 20.5. The van der Waals surface area contributed by atoms with E-state index in [-0.39, 0.29) is 12.3 Å². The maximum absolute atomic E-state index is 11.3. The maximum Gasteiger partial charge on any atom is 0.303 e. The number of pyridine rings is 1. The zero-order chi connectivity index (χ0) is 25.3.